The number of anilines is 1. The van der Waals surface area contributed by atoms with E-state index in [0.717, 1.165) is 5.56 Å². The van der Waals surface area contributed by atoms with Crippen LogP contribution in [0.5, 0.6) is 0 Å². The summed E-state index contributed by atoms with van der Waals surface area (Å²) < 4.78 is 0. The van der Waals surface area contributed by atoms with E-state index in [-0.39, 0.29) is 5.91 Å². The molecular formula is C22H12Cl4N2O. The molecule has 1 aromatic heterocycles. The number of pyridine rings is 1. The Balaban J connectivity index is 1.84. The molecule has 4 aromatic rings. The van der Waals surface area contributed by atoms with E-state index < -0.39 is 0 Å². The number of nitrogens with zero attached hydrogens (tertiary/aromatic N) is 1. The van der Waals surface area contributed by atoms with Crippen LogP contribution in [0.25, 0.3) is 22.2 Å². The fraction of sp³-hybridized carbons (Fsp3) is 0. The lowest BCUT2D eigenvalue weighted by atomic mass is 10.0. The summed E-state index contributed by atoms with van der Waals surface area (Å²) in [4.78, 5) is 17.8. The van der Waals surface area contributed by atoms with Crippen LogP contribution in [0.4, 0.5) is 5.69 Å². The number of amides is 1. The summed E-state index contributed by atoms with van der Waals surface area (Å²) in [5.74, 6) is -0.347. The summed E-state index contributed by atoms with van der Waals surface area (Å²) in [6.45, 7) is 0. The Bertz CT molecular complexity index is 1240. The van der Waals surface area contributed by atoms with Crippen LogP contribution in [-0.2, 0) is 0 Å². The minimum Gasteiger partial charge on any atom is -0.319 e. The van der Waals surface area contributed by atoms with Crippen molar-refractivity contribution in [1.82, 2.24) is 4.98 Å². The monoisotopic (exact) mass is 460 g/mol. The molecule has 0 spiro atoms. The molecule has 0 aliphatic carbocycles. The van der Waals surface area contributed by atoms with Crippen molar-refractivity contribution in [3.63, 3.8) is 0 Å². The molecule has 0 unspecified atom stereocenters. The average molecular weight is 462 g/mol. The van der Waals surface area contributed by atoms with Crippen molar-refractivity contribution in [2.45, 2.75) is 0 Å². The molecule has 144 valence electrons. The Morgan fingerprint density at radius 3 is 2.21 bits per heavy atom. The SMILES string of the molecule is O=C(Nc1c(Cl)cccc1Cl)c1cc(-c2ccc(Cl)c(Cl)c2)nc2ccccc12. The molecular weight excluding hydrogens is 450 g/mol. The highest BCUT2D eigenvalue weighted by Crippen LogP contribution is 2.33. The van der Waals surface area contributed by atoms with Gasteiger partial charge in [0.15, 0.2) is 0 Å². The number of rotatable bonds is 3. The number of carbonyl (C=O) groups excluding carboxylic acids is 1. The fourth-order valence-electron chi connectivity index (χ4n) is 2.96. The summed E-state index contributed by atoms with van der Waals surface area (Å²) >= 11 is 24.6. The number of carbonyl (C=O) groups is 1. The second-order valence-electron chi connectivity index (χ2n) is 6.25. The summed E-state index contributed by atoms with van der Waals surface area (Å²) in [5.41, 5.74) is 2.81. The Hall–Kier alpha value is -2.30. The van der Waals surface area contributed by atoms with Crippen molar-refractivity contribution in [1.29, 1.82) is 0 Å². The van der Waals surface area contributed by atoms with Crippen LogP contribution < -0.4 is 5.32 Å². The zero-order chi connectivity index (χ0) is 20.5. The first-order valence-electron chi connectivity index (χ1n) is 8.54. The van der Waals surface area contributed by atoms with Crippen LogP contribution >= 0.6 is 46.4 Å². The molecule has 3 nitrogen and oxygen atoms in total. The summed E-state index contributed by atoms with van der Waals surface area (Å²) in [6.07, 6.45) is 0. The van der Waals surface area contributed by atoms with Crippen molar-refractivity contribution in [3.05, 3.63) is 92.4 Å². The van der Waals surface area contributed by atoms with Crippen LogP contribution in [0.1, 0.15) is 10.4 Å². The van der Waals surface area contributed by atoms with E-state index in [1.807, 2.05) is 24.3 Å². The third-order valence-electron chi connectivity index (χ3n) is 4.38. The predicted octanol–water partition coefficient (Wildman–Crippen LogP) is 7.77. The number of halogens is 4. The minimum absolute atomic E-state index is 0.347. The third kappa shape index (κ3) is 4.05. The molecule has 0 saturated heterocycles. The fourth-order valence-corrected chi connectivity index (χ4v) is 3.75. The highest BCUT2D eigenvalue weighted by molar-refractivity contribution is 6.42. The molecule has 3 aromatic carbocycles. The molecule has 4 rings (SSSR count). The number of hydrogen-bond acceptors (Lipinski definition) is 2. The maximum absolute atomic E-state index is 13.1. The molecule has 1 heterocycles. The van der Waals surface area contributed by atoms with E-state index in [1.165, 1.54) is 0 Å². The third-order valence-corrected chi connectivity index (χ3v) is 5.75. The van der Waals surface area contributed by atoms with Crippen LogP contribution in [0.15, 0.2) is 66.7 Å². The second-order valence-corrected chi connectivity index (χ2v) is 7.88. The van der Waals surface area contributed by atoms with E-state index in [1.54, 1.807) is 42.5 Å². The molecule has 0 saturated carbocycles. The minimum atomic E-state index is -0.347. The Labute approximate surface area is 187 Å². The molecule has 1 amide bonds. The van der Waals surface area contributed by atoms with Crippen LogP contribution in [-0.4, -0.2) is 10.9 Å². The Morgan fingerprint density at radius 1 is 0.759 bits per heavy atom. The molecule has 7 heteroatoms. The number of para-hydroxylation sites is 2. The second kappa shape index (κ2) is 8.21. The number of fused-ring (bicyclic) bond motifs is 1. The van der Waals surface area contributed by atoms with Gasteiger partial charge in [0.05, 0.1) is 42.6 Å². The lowest BCUT2D eigenvalue weighted by Crippen LogP contribution is -2.13. The molecule has 0 atom stereocenters. The first-order chi connectivity index (χ1) is 13.9. The smallest absolute Gasteiger partial charge is 0.256 e. The zero-order valence-corrected chi connectivity index (χ0v) is 17.7. The first-order valence-corrected chi connectivity index (χ1v) is 10.1. The van der Waals surface area contributed by atoms with Gasteiger partial charge in [-0.05, 0) is 36.4 Å². The average Bonchev–Trinajstić information content (AvgIpc) is 2.72. The van der Waals surface area contributed by atoms with Crippen LogP contribution in [0.2, 0.25) is 20.1 Å². The highest BCUT2D eigenvalue weighted by Gasteiger charge is 2.17. The first kappa shape index (κ1) is 20.0. The number of nitrogens with one attached hydrogen (secondary N) is 1. The van der Waals surface area contributed by atoms with Crippen LogP contribution in [0, 0.1) is 0 Å². The topological polar surface area (TPSA) is 42.0 Å². The van der Waals surface area contributed by atoms with Gasteiger partial charge in [0.25, 0.3) is 5.91 Å². The van der Waals surface area contributed by atoms with E-state index in [2.05, 4.69) is 10.3 Å². The van der Waals surface area contributed by atoms with Gasteiger partial charge in [-0.2, -0.15) is 0 Å². The van der Waals surface area contributed by atoms with Crippen molar-refractivity contribution >= 4 is 68.9 Å². The summed E-state index contributed by atoms with van der Waals surface area (Å²) in [7, 11) is 0. The van der Waals surface area contributed by atoms with Crippen molar-refractivity contribution in [3.8, 4) is 11.3 Å². The number of aromatic nitrogens is 1. The van der Waals surface area contributed by atoms with E-state index in [4.69, 9.17) is 46.4 Å². The quantitative estimate of drug-likeness (QED) is 0.338. The van der Waals surface area contributed by atoms with Gasteiger partial charge in [0, 0.05) is 10.9 Å². The van der Waals surface area contributed by atoms with Crippen LogP contribution in [0.3, 0.4) is 0 Å². The largest absolute Gasteiger partial charge is 0.319 e. The lowest BCUT2D eigenvalue weighted by Gasteiger charge is -2.13. The van der Waals surface area contributed by atoms with E-state index in [9.17, 15) is 4.79 Å². The van der Waals surface area contributed by atoms with Crippen molar-refractivity contribution in [2.75, 3.05) is 5.32 Å². The van der Waals surface area contributed by atoms with Gasteiger partial charge in [0.1, 0.15) is 0 Å². The lowest BCUT2D eigenvalue weighted by molar-refractivity contribution is 0.102. The van der Waals surface area contributed by atoms with E-state index >= 15 is 0 Å². The Kier molecular flexibility index (Phi) is 5.66. The molecule has 0 radical (unpaired) electrons. The molecule has 0 aliphatic heterocycles. The predicted molar refractivity (Wildman–Crippen MR) is 122 cm³/mol. The Morgan fingerprint density at radius 2 is 1.48 bits per heavy atom. The molecule has 0 aliphatic rings. The number of hydrogen-bond donors (Lipinski definition) is 1. The molecule has 1 N–H and O–H groups in total. The van der Waals surface area contributed by atoms with Gasteiger partial charge in [0.2, 0.25) is 0 Å². The zero-order valence-electron chi connectivity index (χ0n) is 14.7. The normalized spacial score (nSPS) is 10.9. The molecule has 29 heavy (non-hydrogen) atoms. The van der Waals surface area contributed by atoms with Gasteiger partial charge < -0.3 is 5.32 Å². The van der Waals surface area contributed by atoms with Gasteiger partial charge in [-0.3, -0.25) is 4.79 Å². The molecule has 0 fully saturated rings. The van der Waals surface area contributed by atoms with Gasteiger partial charge >= 0.3 is 0 Å². The maximum Gasteiger partial charge on any atom is 0.256 e. The standard InChI is InChI=1S/C22H12Cl4N2O/c23-15-9-8-12(10-18(15)26)20-11-14(13-4-1-2-7-19(13)27-20)22(29)28-21-16(24)5-3-6-17(21)25/h1-11H,(H,28,29). The van der Waals surface area contributed by atoms with Crippen molar-refractivity contribution in [2.24, 2.45) is 0 Å². The van der Waals surface area contributed by atoms with Gasteiger partial charge in [-0.1, -0.05) is 76.7 Å². The number of benzene rings is 3. The summed E-state index contributed by atoms with van der Waals surface area (Å²) in [5, 5.41) is 5.08. The van der Waals surface area contributed by atoms with Crippen molar-refractivity contribution < 1.29 is 4.79 Å². The van der Waals surface area contributed by atoms with Gasteiger partial charge in [-0.15, -0.1) is 0 Å². The van der Waals surface area contributed by atoms with E-state index in [0.29, 0.717) is 47.9 Å². The van der Waals surface area contributed by atoms with Gasteiger partial charge in [-0.25, -0.2) is 4.98 Å². The highest BCUT2D eigenvalue weighted by atomic mass is 35.5. The molecule has 0 bridgehead atoms. The summed E-state index contributed by atoms with van der Waals surface area (Å²) in [6, 6.07) is 19.4. The maximum atomic E-state index is 13.1.